The van der Waals surface area contributed by atoms with Crippen molar-refractivity contribution in [2.24, 2.45) is 5.92 Å². The van der Waals surface area contributed by atoms with E-state index >= 15 is 0 Å². The van der Waals surface area contributed by atoms with Crippen LogP contribution in [0.15, 0.2) is 29.2 Å². The van der Waals surface area contributed by atoms with Crippen LogP contribution in [0.4, 0.5) is 0 Å². The second-order valence-electron chi connectivity index (χ2n) is 5.79. The topological polar surface area (TPSA) is 61.8 Å². The van der Waals surface area contributed by atoms with Crippen LogP contribution in [0.25, 0.3) is 0 Å². The minimum absolute atomic E-state index is 0.0225. The maximum absolute atomic E-state index is 12.1. The lowest BCUT2D eigenvalue weighted by atomic mass is 10.2. The van der Waals surface area contributed by atoms with Crippen LogP contribution in [-0.2, 0) is 23.8 Å². The number of hydrogen-bond acceptors (Lipinski definition) is 5. The fourth-order valence-corrected chi connectivity index (χ4v) is 3.16. The van der Waals surface area contributed by atoms with E-state index in [2.05, 4.69) is 0 Å². The van der Waals surface area contributed by atoms with Crippen molar-refractivity contribution in [1.29, 1.82) is 0 Å². The summed E-state index contributed by atoms with van der Waals surface area (Å²) in [5, 5.41) is 0. The summed E-state index contributed by atoms with van der Waals surface area (Å²) in [5.74, 6) is -0.0225. The fourth-order valence-electron chi connectivity index (χ4n) is 2.14. The van der Waals surface area contributed by atoms with Crippen LogP contribution in [0.1, 0.15) is 31.7 Å². The van der Waals surface area contributed by atoms with E-state index in [0.29, 0.717) is 6.61 Å². The van der Waals surface area contributed by atoms with E-state index in [9.17, 15) is 8.42 Å². The molecule has 2 atom stereocenters. The number of hydrogen-bond donors (Lipinski definition) is 0. The first-order valence-corrected chi connectivity index (χ1v) is 9.07. The van der Waals surface area contributed by atoms with Gasteiger partial charge in [0.2, 0.25) is 0 Å². The molecule has 1 aromatic rings. The van der Waals surface area contributed by atoms with Gasteiger partial charge in [-0.25, -0.2) is 0 Å². The molecule has 1 fully saturated rings. The molecule has 1 aliphatic heterocycles. The third-order valence-corrected chi connectivity index (χ3v) is 4.82. The molecule has 0 radical (unpaired) electrons. The average molecular weight is 328 g/mol. The molecule has 124 valence electrons. The Morgan fingerprint density at radius 2 is 1.95 bits per heavy atom. The SMILES string of the molecule is Cc1ccc(S(=O)(=O)OC[C@H](C)COC2CCCCO2)cc1. The van der Waals surface area contributed by atoms with Crippen LogP contribution in [0.2, 0.25) is 0 Å². The molecule has 5 nitrogen and oxygen atoms in total. The number of aryl methyl sites for hydroxylation is 1. The molecule has 1 heterocycles. The van der Waals surface area contributed by atoms with Crippen molar-refractivity contribution in [1.82, 2.24) is 0 Å². The Bertz CT molecular complexity index is 546. The van der Waals surface area contributed by atoms with Crippen molar-refractivity contribution in [3.63, 3.8) is 0 Å². The Labute approximate surface area is 132 Å². The summed E-state index contributed by atoms with van der Waals surface area (Å²) < 4.78 is 40.3. The third-order valence-electron chi connectivity index (χ3n) is 3.52. The Balaban J connectivity index is 1.77. The molecule has 0 aliphatic carbocycles. The second kappa shape index (κ2) is 8.06. The van der Waals surface area contributed by atoms with Crippen molar-refractivity contribution >= 4 is 10.1 Å². The van der Waals surface area contributed by atoms with Gasteiger partial charge in [-0.05, 0) is 38.3 Å². The normalized spacial score (nSPS) is 20.7. The maximum atomic E-state index is 12.1. The van der Waals surface area contributed by atoms with Crippen LogP contribution in [0.3, 0.4) is 0 Å². The molecule has 2 rings (SSSR count). The highest BCUT2D eigenvalue weighted by Crippen LogP contribution is 2.17. The van der Waals surface area contributed by atoms with Gasteiger partial charge in [-0.3, -0.25) is 4.18 Å². The highest BCUT2D eigenvalue weighted by Gasteiger charge is 2.19. The zero-order valence-electron chi connectivity index (χ0n) is 13.2. The molecule has 0 bridgehead atoms. The van der Waals surface area contributed by atoms with Crippen molar-refractivity contribution < 1.29 is 22.1 Å². The van der Waals surface area contributed by atoms with Gasteiger partial charge in [-0.15, -0.1) is 0 Å². The molecular weight excluding hydrogens is 304 g/mol. The number of benzene rings is 1. The lowest BCUT2D eigenvalue weighted by molar-refractivity contribution is -0.169. The molecule has 1 aliphatic rings. The zero-order chi connectivity index (χ0) is 16.0. The molecule has 0 N–H and O–H groups in total. The molecule has 0 saturated carbocycles. The average Bonchev–Trinajstić information content (AvgIpc) is 2.52. The predicted octanol–water partition coefficient (Wildman–Crippen LogP) is 2.88. The van der Waals surface area contributed by atoms with Gasteiger partial charge in [0.05, 0.1) is 18.1 Å². The van der Waals surface area contributed by atoms with Crippen LogP contribution in [-0.4, -0.2) is 34.5 Å². The van der Waals surface area contributed by atoms with Gasteiger partial charge in [0.15, 0.2) is 6.29 Å². The van der Waals surface area contributed by atoms with Gasteiger partial charge in [0.25, 0.3) is 10.1 Å². The first-order valence-electron chi connectivity index (χ1n) is 7.67. The molecule has 0 aromatic heterocycles. The molecular formula is C16H24O5S. The van der Waals surface area contributed by atoms with Crippen LogP contribution in [0, 0.1) is 12.8 Å². The van der Waals surface area contributed by atoms with Gasteiger partial charge >= 0.3 is 0 Å². The zero-order valence-corrected chi connectivity index (χ0v) is 14.0. The van der Waals surface area contributed by atoms with E-state index < -0.39 is 10.1 Å². The Morgan fingerprint density at radius 1 is 1.23 bits per heavy atom. The summed E-state index contributed by atoms with van der Waals surface area (Å²) in [6.45, 7) is 5.06. The van der Waals surface area contributed by atoms with Crippen LogP contribution < -0.4 is 0 Å². The summed E-state index contributed by atoms with van der Waals surface area (Å²) in [6, 6.07) is 6.62. The van der Waals surface area contributed by atoms with Crippen molar-refractivity contribution in [2.45, 2.75) is 44.3 Å². The minimum Gasteiger partial charge on any atom is -0.353 e. The van der Waals surface area contributed by atoms with E-state index in [1.807, 2.05) is 13.8 Å². The van der Waals surface area contributed by atoms with Crippen molar-refractivity contribution in [2.75, 3.05) is 19.8 Å². The van der Waals surface area contributed by atoms with E-state index in [1.54, 1.807) is 24.3 Å². The Morgan fingerprint density at radius 3 is 2.59 bits per heavy atom. The van der Waals surface area contributed by atoms with Gasteiger partial charge in [0.1, 0.15) is 0 Å². The third kappa shape index (κ3) is 5.35. The van der Waals surface area contributed by atoms with Crippen LogP contribution in [0.5, 0.6) is 0 Å². The molecule has 0 amide bonds. The predicted molar refractivity (Wildman–Crippen MR) is 83.0 cm³/mol. The maximum Gasteiger partial charge on any atom is 0.296 e. The highest BCUT2D eigenvalue weighted by atomic mass is 32.2. The largest absolute Gasteiger partial charge is 0.353 e. The number of rotatable bonds is 7. The van der Waals surface area contributed by atoms with Crippen molar-refractivity contribution in [3.05, 3.63) is 29.8 Å². The molecule has 22 heavy (non-hydrogen) atoms. The van der Waals surface area contributed by atoms with E-state index in [0.717, 1.165) is 31.4 Å². The van der Waals surface area contributed by atoms with Gasteiger partial charge in [-0.1, -0.05) is 24.6 Å². The Kier molecular flexibility index (Phi) is 6.37. The van der Waals surface area contributed by atoms with Gasteiger partial charge in [0, 0.05) is 12.5 Å². The fraction of sp³-hybridized carbons (Fsp3) is 0.625. The molecule has 1 unspecified atom stereocenters. The lowest BCUT2D eigenvalue weighted by Gasteiger charge is -2.24. The molecule has 6 heteroatoms. The summed E-state index contributed by atoms with van der Waals surface area (Å²) in [6.07, 6.45) is 2.92. The summed E-state index contributed by atoms with van der Waals surface area (Å²) in [4.78, 5) is 0.182. The highest BCUT2D eigenvalue weighted by molar-refractivity contribution is 7.86. The van der Waals surface area contributed by atoms with Gasteiger partial charge < -0.3 is 9.47 Å². The van der Waals surface area contributed by atoms with E-state index in [-0.39, 0.29) is 23.7 Å². The first kappa shape index (κ1) is 17.4. The number of ether oxygens (including phenoxy) is 2. The van der Waals surface area contributed by atoms with E-state index in [1.165, 1.54) is 0 Å². The smallest absolute Gasteiger partial charge is 0.296 e. The summed E-state index contributed by atoms with van der Waals surface area (Å²) in [5.41, 5.74) is 1.01. The minimum atomic E-state index is -3.70. The second-order valence-corrected chi connectivity index (χ2v) is 7.40. The van der Waals surface area contributed by atoms with E-state index in [4.69, 9.17) is 13.7 Å². The quantitative estimate of drug-likeness (QED) is 0.720. The van der Waals surface area contributed by atoms with Crippen molar-refractivity contribution in [3.8, 4) is 0 Å². The summed E-state index contributed by atoms with van der Waals surface area (Å²) >= 11 is 0. The molecule has 1 saturated heterocycles. The molecule has 0 spiro atoms. The first-order chi connectivity index (χ1) is 10.5. The monoisotopic (exact) mass is 328 g/mol. The van der Waals surface area contributed by atoms with Gasteiger partial charge in [-0.2, -0.15) is 8.42 Å². The standard InChI is InChI=1S/C16H24O5S/c1-13-6-8-15(9-7-13)22(17,18)21-12-14(2)11-20-16-5-3-4-10-19-16/h6-9,14,16H,3-5,10-12H2,1-2H3/t14-,16?/m1/s1. The van der Waals surface area contributed by atoms with Crippen LogP contribution >= 0.6 is 0 Å². The summed E-state index contributed by atoms with van der Waals surface area (Å²) in [7, 11) is -3.70. The Hall–Kier alpha value is -0.950. The lowest BCUT2D eigenvalue weighted by Crippen LogP contribution is -2.26. The molecule has 1 aromatic carbocycles.